The summed E-state index contributed by atoms with van der Waals surface area (Å²) in [7, 11) is 0. The first kappa shape index (κ1) is 22.4. The van der Waals surface area contributed by atoms with Crippen LogP contribution in [0.2, 0.25) is 0 Å². The monoisotopic (exact) mass is 391 g/mol. The molecule has 0 fully saturated rings. The van der Waals surface area contributed by atoms with Crippen molar-refractivity contribution >= 4 is 29.4 Å². The maximum Gasteiger partial charge on any atom is 0.322 e. The molecular formula is C16H21N7O5. The second-order valence-corrected chi connectivity index (χ2v) is 5.79. The SMILES string of the molecule is C[C@H](NC(=O)[C@@H](N)Cc1ccc(N=[N+]=[N-])cc1)C(=O)NCC(=O)NCC(=O)O. The van der Waals surface area contributed by atoms with Crippen LogP contribution in [-0.2, 0) is 25.6 Å². The van der Waals surface area contributed by atoms with Gasteiger partial charge in [0, 0.05) is 10.6 Å². The van der Waals surface area contributed by atoms with Gasteiger partial charge in [0.15, 0.2) is 0 Å². The number of aliphatic carboxylic acids is 1. The molecule has 1 aromatic rings. The first-order valence-electron chi connectivity index (χ1n) is 8.19. The number of nitrogens with zero attached hydrogens (tertiary/aromatic N) is 3. The van der Waals surface area contributed by atoms with Crippen LogP contribution in [0.5, 0.6) is 0 Å². The van der Waals surface area contributed by atoms with Gasteiger partial charge in [-0.15, -0.1) is 0 Å². The van der Waals surface area contributed by atoms with E-state index in [9.17, 15) is 19.2 Å². The number of carbonyl (C=O) groups is 4. The summed E-state index contributed by atoms with van der Waals surface area (Å²) in [6, 6.07) is 4.65. The molecule has 0 aliphatic rings. The number of azide groups is 1. The van der Waals surface area contributed by atoms with Crippen LogP contribution in [-0.4, -0.2) is 54.0 Å². The van der Waals surface area contributed by atoms with E-state index in [2.05, 4.69) is 26.0 Å². The first-order valence-corrected chi connectivity index (χ1v) is 8.19. The molecule has 0 bridgehead atoms. The Kier molecular flexibility index (Phi) is 8.93. The molecule has 28 heavy (non-hydrogen) atoms. The molecule has 2 atom stereocenters. The van der Waals surface area contributed by atoms with Crippen molar-refractivity contribution in [3.05, 3.63) is 40.3 Å². The molecule has 0 aliphatic heterocycles. The van der Waals surface area contributed by atoms with Crippen LogP contribution < -0.4 is 21.7 Å². The molecule has 150 valence electrons. The average Bonchev–Trinajstić information content (AvgIpc) is 2.65. The van der Waals surface area contributed by atoms with Gasteiger partial charge in [-0.1, -0.05) is 29.4 Å². The smallest absolute Gasteiger partial charge is 0.322 e. The van der Waals surface area contributed by atoms with Crippen LogP contribution in [0.15, 0.2) is 29.4 Å². The number of amides is 3. The Morgan fingerprint density at radius 3 is 2.36 bits per heavy atom. The summed E-state index contributed by atoms with van der Waals surface area (Å²) in [5.41, 5.74) is 15.4. The number of nitrogens with two attached hydrogens (primary N) is 1. The first-order chi connectivity index (χ1) is 13.2. The molecular weight excluding hydrogens is 370 g/mol. The molecule has 12 heteroatoms. The molecule has 1 aromatic carbocycles. The van der Waals surface area contributed by atoms with Crippen LogP contribution in [0.3, 0.4) is 0 Å². The predicted octanol–water partition coefficient (Wildman–Crippen LogP) is -0.680. The van der Waals surface area contributed by atoms with E-state index >= 15 is 0 Å². The topological polar surface area (TPSA) is 199 Å². The fourth-order valence-electron chi connectivity index (χ4n) is 2.04. The van der Waals surface area contributed by atoms with E-state index in [1.54, 1.807) is 24.3 Å². The highest BCUT2D eigenvalue weighted by molar-refractivity contribution is 5.92. The Morgan fingerprint density at radius 1 is 1.14 bits per heavy atom. The van der Waals surface area contributed by atoms with Gasteiger partial charge in [-0.05, 0) is 24.4 Å². The molecule has 3 amide bonds. The van der Waals surface area contributed by atoms with E-state index in [1.165, 1.54) is 6.92 Å². The van der Waals surface area contributed by atoms with E-state index in [-0.39, 0.29) is 6.42 Å². The van der Waals surface area contributed by atoms with Gasteiger partial charge in [-0.25, -0.2) is 0 Å². The summed E-state index contributed by atoms with van der Waals surface area (Å²) in [6.07, 6.45) is 0.203. The minimum Gasteiger partial charge on any atom is -0.480 e. The minimum atomic E-state index is -1.21. The third kappa shape index (κ3) is 8.17. The van der Waals surface area contributed by atoms with E-state index in [4.69, 9.17) is 16.4 Å². The second-order valence-electron chi connectivity index (χ2n) is 5.79. The minimum absolute atomic E-state index is 0.203. The van der Waals surface area contributed by atoms with Crippen molar-refractivity contribution in [1.82, 2.24) is 16.0 Å². The van der Waals surface area contributed by atoms with Gasteiger partial charge in [0.1, 0.15) is 12.6 Å². The summed E-state index contributed by atoms with van der Waals surface area (Å²) in [5, 5.41) is 18.7. The molecule has 0 aromatic heterocycles. The molecule has 0 saturated carbocycles. The molecule has 0 radical (unpaired) electrons. The zero-order valence-corrected chi connectivity index (χ0v) is 15.1. The van der Waals surface area contributed by atoms with Crippen molar-refractivity contribution in [2.24, 2.45) is 10.8 Å². The maximum absolute atomic E-state index is 12.1. The lowest BCUT2D eigenvalue weighted by molar-refractivity contribution is -0.138. The lowest BCUT2D eigenvalue weighted by Gasteiger charge is -2.17. The van der Waals surface area contributed by atoms with Crippen molar-refractivity contribution in [3.8, 4) is 0 Å². The molecule has 0 heterocycles. The van der Waals surface area contributed by atoms with Gasteiger partial charge in [0.2, 0.25) is 17.7 Å². The summed E-state index contributed by atoms with van der Waals surface area (Å²) >= 11 is 0. The third-order valence-electron chi connectivity index (χ3n) is 3.50. The van der Waals surface area contributed by atoms with Crippen LogP contribution in [0.4, 0.5) is 5.69 Å². The van der Waals surface area contributed by atoms with Gasteiger partial charge >= 0.3 is 5.97 Å². The molecule has 0 spiro atoms. The van der Waals surface area contributed by atoms with Crippen LogP contribution in [0.1, 0.15) is 12.5 Å². The van der Waals surface area contributed by atoms with Crippen molar-refractivity contribution in [2.75, 3.05) is 13.1 Å². The quantitative estimate of drug-likeness (QED) is 0.199. The number of carboxylic acid groups (broad SMARTS) is 1. The zero-order chi connectivity index (χ0) is 21.1. The Morgan fingerprint density at radius 2 is 1.79 bits per heavy atom. The predicted molar refractivity (Wildman–Crippen MR) is 98.2 cm³/mol. The standard InChI is InChI=1S/C16H21N7O5/c1-9(15(27)20-7-13(24)19-8-14(25)26)21-16(28)12(17)6-10-2-4-11(5-3-10)22-23-18/h2-5,9,12H,6-8,17H2,1H3,(H,19,24)(H,20,27)(H,21,28)(H,25,26)/t9-,12-/m0/s1. The molecule has 12 nitrogen and oxygen atoms in total. The number of benzene rings is 1. The number of nitrogens with one attached hydrogen (secondary N) is 3. The number of hydrogen-bond donors (Lipinski definition) is 5. The Hall–Kier alpha value is -3.63. The summed E-state index contributed by atoms with van der Waals surface area (Å²) in [6.45, 7) is 0.444. The summed E-state index contributed by atoms with van der Waals surface area (Å²) in [5.74, 6) is -3.06. The molecule has 1 rings (SSSR count). The zero-order valence-electron chi connectivity index (χ0n) is 15.1. The number of carboxylic acids is 1. The highest BCUT2D eigenvalue weighted by atomic mass is 16.4. The van der Waals surface area contributed by atoms with Crippen molar-refractivity contribution in [2.45, 2.75) is 25.4 Å². The van der Waals surface area contributed by atoms with E-state index in [0.717, 1.165) is 5.56 Å². The molecule has 0 saturated heterocycles. The summed E-state index contributed by atoms with van der Waals surface area (Å²) < 4.78 is 0. The number of rotatable bonds is 10. The fourth-order valence-corrected chi connectivity index (χ4v) is 2.04. The Balaban J connectivity index is 2.44. The van der Waals surface area contributed by atoms with Crippen LogP contribution in [0, 0.1) is 0 Å². The van der Waals surface area contributed by atoms with Gasteiger partial charge in [0.05, 0.1) is 12.6 Å². The van der Waals surface area contributed by atoms with E-state index < -0.39 is 48.9 Å². The largest absolute Gasteiger partial charge is 0.480 e. The number of hydrogen-bond acceptors (Lipinski definition) is 6. The van der Waals surface area contributed by atoms with E-state index in [0.29, 0.717) is 5.69 Å². The average molecular weight is 391 g/mol. The molecule has 6 N–H and O–H groups in total. The lowest BCUT2D eigenvalue weighted by Crippen LogP contribution is -2.52. The van der Waals surface area contributed by atoms with Crippen molar-refractivity contribution in [3.63, 3.8) is 0 Å². The second kappa shape index (κ2) is 11.2. The normalized spacial score (nSPS) is 12.1. The van der Waals surface area contributed by atoms with Crippen LogP contribution >= 0.6 is 0 Å². The Labute approximate surface area is 160 Å². The maximum atomic E-state index is 12.1. The van der Waals surface area contributed by atoms with Gasteiger partial charge in [-0.3, -0.25) is 19.2 Å². The lowest BCUT2D eigenvalue weighted by atomic mass is 10.1. The molecule has 0 unspecified atom stereocenters. The van der Waals surface area contributed by atoms with Crippen molar-refractivity contribution < 1.29 is 24.3 Å². The van der Waals surface area contributed by atoms with Gasteiger partial charge in [0.25, 0.3) is 0 Å². The van der Waals surface area contributed by atoms with Crippen molar-refractivity contribution in [1.29, 1.82) is 0 Å². The Bertz CT molecular complexity index is 774. The molecule has 0 aliphatic carbocycles. The fraction of sp³-hybridized carbons (Fsp3) is 0.375. The third-order valence-corrected chi connectivity index (χ3v) is 3.50. The highest BCUT2D eigenvalue weighted by Gasteiger charge is 2.20. The summed E-state index contributed by atoms with van der Waals surface area (Å²) in [4.78, 5) is 48.4. The van der Waals surface area contributed by atoms with Crippen LogP contribution in [0.25, 0.3) is 10.4 Å². The van der Waals surface area contributed by atoms with Gasteiger partial charge in [-0.2, -0.15) is 0 Å². The van der Waals surface area contributed by atoms with Gasteiger partial charge < -0.3 is 26.8 Å². The highest BCUT2D eigenvalue weighted by Crippen LogP contribution is 2.14. The number of carbonyl (C=O) groups excluding carboxylic acids is 3. The van der Waals surface area contributed by atoms with E-state index in [1.807, 2.05) is 0 Å².